The molecule has 1 atom stereocenters. The van der Waals surface area contributed by atoms with Gasteiger partial charge in [-0.05, 0) is 50.1 Å². The molecular formula is C23H26N2O5S. The maximum atomic E-state index is 12.2. The molecule has 3 aromatic rings. The molecule has 0 spiro atoms. The van der Waals surface area contributed by atoms with E-state index in [4.69, 9.17) is 14.2 Å². The van der Waals surface area contributed by atoms with Crippen molar-refractivity contribution in [3.63, 3.8) is 0 Å². The standard InChI is InChI=1S/C23H26N2O5S/c1-15(17-13-16(28-2)11-12-19(17)29-3)24-21(26)14-30-23(27)10-6-9-22-25-18-7-4-5-8-20(18)31-22/h4-5,7-8,11-13,15H,6,9-10,14H2,1-3H3,(H,24,26). The number of amides is 1. The van der Waals surface area contributed by atoms with Crippen LogP contribution in [-0.2, 0) is 20.7 Å². The molecular weight excluding hydrogens is 416 g/mol. The predicted octanol–water partition coefficient (Wildman–Crippen LogP) is 4.06. The summed E-state index contributed by atoms with van der Waals surface area (Å²) < 4.78 is 16.8. The van der Waals surface area contributed by atoms with E-state index in [0.29, 0.717) is 24.3 Å². The molecule has 0 saturated heterocycles. The van der Waals surface area contributed by atoms with Crippen molar-refractivity contribution < 1.29 is 23.8 Å². The van der Waals surface area contributed by atoms with E-state index in [1.54, 1.807) is 43.8 Å². The first-order valence-electron chi connectivity index (χ1n) is 10.0. The number of rotatable bonds is 10. The van der Waals surface area contributed by atoms with Crippen LogP contribution in [0.5, 0.6) is 11.5 Å². The van der Waals surface area contributed by atoms with Gasteiger partial charge in [0.2, 0.25) is 0 Å². The Balaban J connectivity index is 1.42. The second kappa shape index (κ2) is 10.8. The monoisotopic (exact) mass is 442 g/mol. The van der Waals surface area contributed by atoms with Crippen LogP contribution in [0.4, 0.5) is 0 Å². The Morgan fingerprint density at radius 2 is 1.94 bits per heavy atom. The van der Waals surface area contributed by atoms with Gasteiger partial charge in [0.1, 0.15) is 11.5 Å². The number of ether oxygens (including phenoxy) is 3. The first-order valence-corrected chi connectivity index (χ1v) is 10.8. The van der Waals surface area contributed by atoms with Crippen LogP contribution in [0.3, 0.4) is 0 Å². The number of carbonyl (C=O) groups is 2. The number of benzene rings is 2. The average Bonchev–Trinajstić information content (AvgIpc) is 3.20. The number of esters is 1. The van der Waals surface area contributed by atoms with E-state index in [9.17, 15) is 9.59 Å². The molecule has 0 aliphatic carbocycles. The first kappa shape index (κ1) is 22.6. The van der Waals surface area contributed by atoms with Crippen LogP contribution in [0, 0.1) is 0 Å². The van der Waals surface area contributed by atoms with Gasteiger partial charge in [0.15, 0.2) is 6.61 Å². The molecule has 1 amide bonds. The van der Waals surface area contributed by atoms with E-state index < -0.39 is 5.97 Å². The highest BCUT2D eigenvalue weighted by atomic mass is 32.1. The van der Waals surface area contributed by atoms with Crippen LogP contribution in [0.1, 0.15) is 36.4 Å². The zero-order valence-electron chi connectivity index (χ0n) is 17.8. The van der Waals surface area contributed by atoms with Crippen LogP contribution in [0.15, 0.2) is 42.5 Å². The van der Waals surface area contributed by atoms with Crippen molar-refractivity contribution in [1.82, 2.24) is 10.3 Å². The Hall–Kier alpha value is -3.13. The van der Waals surface area contributed by atoms with Crippen LogP contribution in [0.2, 0.25) is 0 Å². The summed E-state index contributed by atoms with van der Waals surface area (Å²) in [5, 5.41) is 3.81. The van der Waals surface area contributed by atoms with Gasteiger partial charge in [0.25, 0.3) is 5.91 Å². The Bertz CT molecular complexity index is 1020. The highest BCUT2D eigenvalue weighted by molar-refractivity contribution is 7.18. The third-order valence-corrected chi connectivity index (χ3v) is 5.85. The molecule has 0 aliphatic heterocycles. The fourth-order valence-electron chi connectivity index (χ4n) is 3.17. The zero-order chi connectivity index (χ0) is 22.2. The average molecular weight is 443 g/mol. The molecule has 1 N–H and O–H groups in total. The molecule has 7 nitrogen and oxygen atoms in total. The smallest absolute Gasteiger partial charge is 0.306 e. The molecule has 164 valence electrons. The highest BCUT2D eigenvalue weighted by Gasteiger charge is 2.16. The van der Waals surface area contributed by atoms with Crippen molar-refractivity contribution in [1.29, 1.82) is 0 Å². The Kier molecular flexibility index (Phi) is 7.83. The third kappa shape index (κ3) is 6.18. The summed E-state index contributed by atoms with van der Waals surface area (Å²) in [6.07, 6.45) is 1.56. The third-order valence-electron chi connectivity index (χ3n) is 4.75. The summed E-state index contributed by atoms with van der Waals surface area (Å²) in [5.74, 6) is 0.525. The fraction of sp³-hybridized carbons (Fsp3) is 0.348. The van der Waals surface area contributed by atoms with E-state index in [1.165, 1.54) is 0 Å². The van der Waals surface area contributed by atoms with Gasteiger partial charge in [-0.2, -0.15) is 0 Å². The molecule has 1 aromatic heterocycles. The minimum Gasteiger partial charge on any atom is -0.497 e. The van der Waals surface area contributed by atoms with Gasteiger partial charge in [0, 0.05) is 12.0 Å². The maximum absolute atomic E-state index is 12.2. The van der Waals surface area contributed by atoms with Crippen molar-refractivity contribution in [2.45, 2.75) is 32.2 Å². The molecule has 1 heterocycles. The lowest BCUT2D eigenvalue weighted by Crippen LogP contribution is -2.31. The molecule has 8 heteroatoms. The maximum Gasteiger partial charge on any atom is 0.306 e. The van der Waals surface area contributed by atoms with E-state index in [1.807, 2.05) is 31.2 Å². The molecule has 0 bridgehead atoms. The van der Waals surface area contributed by atoms with Crippen LogP contribution >= 0.6 is 11.3 Å². The number of nitrogens with one attached hydrogen (secondary N) is 1. The summed E-state index contributed by atoms with van der Waals surface area (Å²) in [5.41, 5.74) is 1.75. The van der Waals surface area contributed by atoms with Gasteiger partial charge in [-0.3, -0.25) is 9.59 Å². The number of aryl methyl sites for hydroxylation is 1. The normalized spacial score (nSPS) is 11.7. The highest BCUT2D eigenvalue weighted by Crippen LogP contribution is 2.29. The van der Waals surface area contributed by atoms with Gasteiger partial charge >= 0.3 is 5.97 Å². The number of thiazole rings is 1. The summed E-state index contributed by atoms with van der Waals surface area (Å²) in [7, 11) is 3.14. The first-order chi connectivity index (χ1) is 15.0. The van der Waals surface area contributed by atoms with E-state index >= 15 is 0 Å². The molecule has 0 aliphatic rings. The fourth-order valence-corrected chi connectivity index (χ4v) is 4.18. The number of carbonyl (C=O) groups excluding carboxylic acids is 2. The lowest BCUT2D eigenvalue weighted by Gasteiger charge is -2.18. The van der Waals surface area contributed by atoms with Crippen LogP contribution in [0.25, 0.3) is 10.2 Å². The van der Waals surface area contributed by atoms with E-state index in [0.717, 1.165) is 20.8 Å². The van der Waals surface area contributed by atoms with Crippen LogP contribution in [-0.4, -0.2) is 37.7 Å². The van der Waals surface area contributed by atoms with Gasteiger partial charge in [0.05, 0.1) is 35.5 Å². The Morgan fingerprint density at radius 1 is 1.13 bits per heavy atom. The number of para-hydroxylation sites is 1. The number of fused-ring (bicyclic) bond motifs is 1. The lowest BCUT2D eigenvalue weighted by molar-refractivity contribution is -0.148. The quantitative estimate of drug-likeness (QED) is 0.477. The number of nitrogens with zero attached hydrogens (tertiary/aromatic N) is 1. The predicted molar refractivity (Wildman–Crippen MR) is 120 cm³/mol. The Labute approximate surface area is 185 Å². The Morgan fingerprint density at radius 3 is 2.68 bits per heavy atom. The lowest BCUT2D eigenvalue weighted by atomic mass is 10.1. The van der Waals surface area contributed by atoms with E-state index in [-0.39, 0.29) is 25.0 Å². The van der Waals surface area contributed by atoms with Gasteiger partial charge in [-0.1, -0.05) is 12.1 Å². The molecule has 2 aromatic carbocycles. The summed E-state index contributed by atoms with van der Waals surface area (Å²) in [4.78, 5) is 28.8. The summed E-state index contributed by atoms with van der Waals surface area (Å²) in [6.45, 7) is 1.51. The summed E-state index contributed by atoms with van der Waals surface area (Å²) in [6, 6.07) is 13.0. The van der Waals surface area contributed by atoms with Crippen molar-refractivity contribution in [2.24, 2.45) is 0 Å². The molecule has 31 heavy (non-hydrogen) atoms. The zero-order valence-corrected chi connectivity index (χ0v) is 18.7. The second-order valence-electron chi connectivity index (χ2n) is 6.99. The summed E-state index contributed by atoms with van der Waals surface area (Å²) >= 11 is 1.63. The van der Waals surface area contributed by atoms with Crippen molar-refractivity contribution in [2.75, 3.05) is 20.8 Å². The van der Waals surface area contributed by atoms with Crippen molar-refractivity contribution in [3.05, 3.63) is 53.0 Å². The van der Waals surface area contributed by atoms with Crippen LogP contribution < -0.4 is 14.8 Å². The molecule has 1 unspecified atom stereocenters. The van der Waals surface area contributed by atoms with E-state index in [2.05, 4.69) is 10.3 Å². The van der Waals surface area contributed by atoms with Gasteiger partial charge in [-0.25, -0.2) is 4.98 Å². The number of hydrogen-bond donors (Lipinski definition) is 1. The number of hydrogen-bond acceptors (Lipinski definition) is 7. The number of aromatic nitrogens is 1. The SMILES string of the molecule is COc1ccc(OC)c(C(C)NC(=O)COC(=O)CCCc2nc3ccccc3s2)c1. The van der Waals surface area contributed by atoms with Gasteiger partial charge in [-0.15, -0.1) is 11.3 Å². The van der Waals surface area contributed by atoms with Crippen molar-refractivity contribution >= 4 is 33.4 Å². The van der Waals surface area contributed by atoms with Gasteiger partial charge < -0.3 is 19.5 Å². The minimum absolute atomic E-state index is 0.239. The largest absolute Gasteiger partial charge is 0.497 e. The van der Waals surface area contributed by atoms with Crippen molar-refractivity contribution in [3.8, 4) is 11.5 Å². The minimum atomic E-state index is -0.400. The molecule has 0 radical (unpaired) electrons. The molecule has 3 rings (SSSR count). The number of methoxy groups -OCH3 is 2. The molecule has 0 fully saturated rings. The second-order valence-corrected chi connectivity index (χ2v) is 8.10. The molecule has 0 saturated carbocycles. The topological polar surface area (TPSA) is 86.8 Å².